The highest BCUT2D eigenvalue weighted by atomic mass is 32.2. The zero-order valence-corrected chi connectivity index (χ0v) is 13.6. The topological polar surface area (TPSA) is 96.9 Å². The quantitative estimate of drug-likeness (QED) is 0.661. The maximum absolute atomic E-state index is 11.1. The van der Waals surface area contributed by atoms with E-state index in [4.69, 9.17) is 5.84 Å². The van der Waals surface area contributed by atoms with Crippen LogP contribution in [0.2, 0.25) is 0 Å². The first-order chi connectivity index (χ1) is 11.2. The van der Waals surface area contributed by atoms with E-state index in [2.05, 4.69) is 10.2 Å². The second-order valence-corrected chi connectivity index (χ2v) is 6.72. The van der Waals surface area contributed by atoms with Gasteiger partial charge in [0.25, 0.3) is 0 Å². The number of benzene rings is 1. The Balaban J connectivity index is 1.72. The number of nitrogen functional groups attached to an aromatic ring is 1. The molecule has 3 rings (SSSR count). The van der Waals surface area contributed by atoms with Crippen LogP contribution in [0.25, 0.3) is 0 Å². The van der Waals surface area contributed by atoms with Crippen LogP contribution in [-0.4, -0.2) is 20.8 Å². The van der Waals surface area contributed by atoms with Crippen LogP contribution in [0.15, 0.2) is 29.4 Å². The van der Waals surface area contributed by atoms with Gasteiger partial charge in [0, 0.05) is 17.2 Å². The van der Waals surface area contributed by atoms with Crippen LogP contribution in [0.4, 0.5) is 0 Å². The molecule has 23 heavy (non-hydrogen) atoms. The number of aromatic carboxylic acids is 1. The Hall–Kier alpha value is -2.02. The van der Waals surface area contributed by atoms with E-state index in [1.165, 1.54) is 31.0 Å². The van der Waals surface area contributed by atoms with Gasteiger partial charge in [0.2, 0.25) is 5.16 Å². The minimum atomic E-state index is -1.17. The van der Waals surface area contributed by atoms with Crippen LogP contribution in [0.3, 0.4) is 0 Å². The summed E-state index contributed by atoms with van der Waals surface area (Å²) < 4.78 is 1.56. The smallest absolute Gasteiger partial charge is 0.210 e. The molecule has 0 spiro atoms. The Morgan fingerprint density at radius 3 is 2.74 bits per heavy atom. The summed E-state index contributed by atoms with van der Waals surface area (Å²) in [7, 11) is 0. The molecule has 1 aromatic carbocycles. The van der Waals surface area contributed by atoms with Crippen LogP contribution in [0, 0.1) is 0 Å². The number of hydrogen-bond acceptors (Lipinski definition) is 6. The molecule has 0 saturated heterocycles. The largest absolute Gasteiger partial charge is 0.545 e. The van der Waals surface area contributed by atoms with Gasteiger partial charge < -0.3 is 15.7 Å². The minimum Gasteiger partial charge on any atom is -0.545 e. The summed E-state index contributed by atoms with van der Waals surface area (Å²) in [5.41, 5.74) is 0.898. The van der Waals surface area contributed by atoms with Gasteiger partial charge in [-0.3, -0.25) is 0 Å². The zero-order chi connectivity index (χ0) is 16.2. The van der Waals surface area contributed by atoms with E-state index in [0.717, 1.165) is 18.7 Å². The molecule has 1 aliphatic rings. The molecule has 0 aliphatic heterocycles. The van der Waals surface area contributed by atoms with Crippen LogP contribution in [0.1, 0.15) is 59.8 Å². The lowest BCUT2D eigenvalue weighted by Crippen LogP contribution is -2.23. The highest BCUT2D eigenvalue weighted by Gasteiger charge is 2.22. The molecular weight excluding hydrogens is 312 g/mol. The van der Waals surface area contributed by atoms with Crippen molar-refractivity contribution < 1.29 is 9.90 Å². The molecule has 1 saturated carbocycles. The fraction of sp³-hybridized carbons (Fsp3) is 0.438. The Morgan fingerprint density at radius 1 is 1.26 bits per heavy atom. The molecule has 2 aromatic rings. The third-order valence-electron chi connectivity index (χ3n) is 4.26. The normalized spacial score (nSPS) is 15.7. The van der Waals surface area contributed by atoms with Crippen LogP contribution >= 0.6 is 11.8 Å². The predicted molar refractivity (Wildman–Crippen MR) is 86.3 cm³/mol. The summed E-state index contributed by atoms with van der Waals surface area (Å²) in [5, 5.41) is 20.2. The summed E-state index contributed by atoms with van der Waals surface area (Å²) in [6, 6.07) is 6.82. The number of rotatable bonds is 5. The first-order valence-electron chi connectivity index (χ1n) is 7.79. The van der Waals surface area contributed by atoms with Gasteiger partial charge >= 0.3 is 0 Å². The molecule has 0 amide bonds. The summed E-state index contributed by atoms with van der Waals surface area (Å²) in [5.74, 6) is 6.65. The Kier molecular flexibility index (Phi) is 4.85. The zero-order valence-electron chi connectivity index (χ0n) is 12.8. The first kappa shape index (κ1) is 15.9. The Labute approximate surface area is 139 Å². The molecule has 2 N–H and O–H groups in total. The van der Waals surface area contributed by atoms with E-state index in [1.54, 1.807) is 22.9 Å². The lowest BCUT2D eigenvalue weighted by atomic mass is 9.89. The lowest BCUT2D eigenvalue weighted by molar-refractivity contribution is -0.255. The van der Waals surface area contributed by atoms with Crippen LogP contribution in [-0.2, 0) is 5.75 Å². The van der Waals surface area contributed by atoms with Crippen molar-refractivity contribution in [3.8, 4) is 0 Å². The average molecular weight is 331 g/mol. The Bertz CT molecular complexity index is 695. The third kappa shape index (κ3) is 3.50. The molecular formula is C16H19N4O2S-. The van der Waals surface area contributed by atoms with Gasteiger partial charge in [-0.15, -0.1) is 10.2 Å². The van der Waals surface area contributed by atoms with Crippen LogP contribution < -0.4 is 10.9 Å². The molecule has 6 nitrogen and oxygen atoms in total. The fourth-order valence-corrected chi connectivity index (χ4v) is 3.88. The van der Waals surface area contributed by atoms with E-state index in [0.29, 0.717) is 22.4 Å². The maximum atomic E-state index is 11.1. The first-order valence-corrected chi connectivity index (χ1v) is 8.78. The number of aromatic nitrogens is 3. The summed E-state index contributed by atoms with van der Waals surface area (Å²) in [6.07, 6.45) is 5.90. The standard InChI is InChI=1S/C16H20N4O2S/c17-20-14(11-6-2-1-3-7-11)18-19-16(20)23-10-12-8-4-5-9-13(12)15(21)22/h4-5,8-9,11H,1-3,6-7,10,17H2,(H,21,22)/p-1. The van der Waals surface area contributed by atoms with Crippen molar-refractivity contribution in [3.05, 3.63) is 41.2 Å². The van der Waals surface area contributed by atoms with Crippen molar-refractivity contribution in [2.24, 2.45) is 0 Å². The van der Waals surface area contributed by atoms with Crippen molar-refractivity contribution in [2.45, 2.75) is 48.9 Å². The molecule has 1 aromatic heterocycles. The number of carboxylic acids is 1. The average Bonchev–Trinajstić information content (AvgIpc) is 2.94. The minimum absolute atomic E-state index is 0.204. The van der Waals surface area contributed by atoms with Crippen molar-refractivity contribution in [1.29, 1.82) is 0 Å². The molecule has 0 bridgehead atoms. The molecule has 1 heterocycles. The number of nitrogens with zero attached hydrogens (tertiary/aromatic N) is 3. The van der Waals surface area contributed by atoms with Crippen LogP contribution in [0.5, 0.6) is 0 Å². The molecule has 7 heteroatoms. The number of carbonyl (C=O) groups is 1. The second-order valence-electron chi connectivity index (χ2n) is 5.78. The van der Waals surface area contributed by atoms with E-state index in [9.17, 15) is 9.90 Å². The SMILES string of the molecule is Nn1c(SCc2ccccc2C(=O)[O-])nnc1C1CCCCC1. The lowest BCUT2D eigenvalue weighted by Gasteiger charge is -2.20. The number of carbonyl (C=O) groups excluding carboxylic acids is 1. The van der Waals surface area contributed by atoms with Gasteiger partial charge in [-0.25, -0.2) is 4.68 Å². The molecule has 122 valence electrons. The summed E-state index contributed by atoms with van der Waals surface area (Å²) in [4.78, 5) is 11.1. The van der Waals surface area contributed by atoms with Crippen molar-refractivity contribution in [1.82, 2.24) is 14.9 Å². The van der Waals surface area contributed by atoms with Gasteiger partial charge in [0.15, 0.2) is 5.82 Å². The fourth-order valence-electron chi connectivity index (χ4n) is 3.01. The van der Waals surface area contributed by atoms with E-state index in [1.807, 2.05) is 6.07 Å². The highest BCUT2D eigenvalue weighted by molar-refractivity contribution is 7.98. The van der Waals surface area contributed by atoms with E-state index < -0.39 is 5.97 Å². The highest BCUT2D eigenvalue weighted by Crippen LogP contribution is 2.32. The molecule has 0 unspecified atom stereocenters. The van der Waals surface area contributed by atoms with Gasteiger partial charge in [-0.1, -0.05) is 55.3 Å². The van der Waals surface area contributed by atoms with Gasteiger partial charge in [-0.05, 0) is 18.4 Å². The maximum Gasteiger partial charge on any atom is 0.210 e. The van der Waals surface area contributed by atoms with E-state index >= 15 is 0 Å². The number of hydrogen-bond donors (Lipinski definition) is 1. The van der Waals surface area contributed by atoms with Gasteiger partial charge in [-0.2, -0.15) is 0 Å². The van der Waals surface area contributed by atoms with Crippen molar-refractivity contribution in [2.75, 3.05) is 5.84 Å². The number of carboxylic acid groups (broad SMARTS) is 1. The molecule has 0 atom stereocenters. The van der Waals surface area contributed by atoms with Crippen molar-refractivity contribution >= 4 is 17.7 Å². The van der Waals surface area contributed by atoms with Gasteiger partial charge in [0.1, 0.15) is 0 Å². The monoisotopic (exact) mass is 331 g/mol. The predicted octanol–water partition coefficient (Wildman–Crippen LogP) is 1.70. The van der Waals surface area contributed by atoms with Gasteiger partial charge in [0.05, 0.1) is 5.97 Å². The van der Waals surface area contributed by atoms with E-state index in [-0.39, 0.29) is 5.56 Å². The molecule has 1 fully saturated rings. The molecule has 1 aliphatic carbocycles. The third-order valence-corrected chi connectivity index (χ3v) is 5.25. The second kappa shape index (κ2) is 7.04. The summed E-state index contributed by atoms with van der Waals surface area (Å²) >= 11 is 1.39. The molecule has 0 radical (unpaired) electrons. The number of thioether (sulfide) groups is 1. The van der Waals surface area contributed by atoms with Crippen molar-refractivity contribution in [3.63, 3.8) is 0 Å². The Morgan fingerprint density at radius 2 is 2.00 bits per heavy atom. The number of nitrogens with two attached hydrogens (primary N) is 1. The summed E-state index contributed by atoms with van der Waals surface area (Å²) in [6.45, 7) is 0.